The van der Waals surface area contributed by atoms with Crippen molar-refractivity contribution in [2.45, 2.75) is 19.5 Å². The fourth-order valence-corrected chi connectivity index (χ4v) is 3.34. The van der Waals surface area contributed by atoms with Gasteiger partial charge in [0.25, 0.3) is 0 Å². The summed E-state index contributed by atoms with van der Waals surface area (Å²) in [6.45, 7) is 5.74. The molecule has 1 atom stereocenters. The number of carbonyl (C=O) groups excluding carboxylic acids is 1. The van der Waals surface area contributed by atoms with Gasteiger partial charge in [-0.05, 0) is 24.6 Å². The number of carbonyl (C=O) groups is 1. The second-order valence-electron chi connectivity index (χ2n) is 5.97. The highest BCUT2D eigenvalue weighted by molar-refractivity contribution is 7.07. The molecule has 1 fully saturated rings. The summed E-state index contributed by atoms with van der Waals surface area (Å²) in [7, 11) is 0. The van der Waals surface area contributed by atoms with Gasteiger partial charge in [0.1, 0.15) is 5.82 Å². The highest BCUT2D eigenvalue weighted by atomic mass is 32.1. The Kier molecular flexibility index (Phi) is 5.42. The number of thiazole rings is 1. The third kappa shape index (κ3) is 4.30. The zero-order valence-corrected chi connectivity index (χ0v) is 14.4. The molecule has 1 aliphatic rings. The molecule has 2 amide bonds. The Morgan fingerprint density at radius 3 is 2.83 bits per heavy atom. The van der Waals surface area contributed by atoms with Crippen LogP contribution in [0.2, 0.25) is 0 Å². The lowest BCUT2D eigenvalue weighted by atomic mass is 10.1. The molecule has 24 heavy (non-hydrogen) atoms. The number of nitrogens with one attached hydrogen (secondary N) is 1. The molecule has 0 spiro atoms. The number of hydrogen-bond acceptors (Lipinski definition) is 4. The van der Waals surface area contributed by atoms with E-state index in [1.54, 1.807) is 17.4 Å². The van der Waals surface area contributed by atoms with E-state index in [9.17, 15) is 9.18 Å². The smallest absolute Gasteiger partial charge is 0.317 e. The van der Waals surface area contributed by atoms with Gasteiger partial charge in [-0.25, -0.2) is 14.2 Å². The van der Waals surface area contributed by atoms with Crippen molar-refractivity contribution in [2.24, 2.45) is 0 Å². The first-order valence-electron chi connectivity index (χ1n) is 8.02. The van der Waals surface area contributed by atoms with Crippen LogP contribution >= 0.6 is 11.3 Å². The molecule has 2 aromatic rings. The SMILES string of the molecule is CC(NC(=O)N1CCN(Cc2cscn2)CC1)c1cccc(F)c1. The number of amides is 2. The number of aromatic nitrogens is 1. The molecule has 1 unspecified atom stereocenters. The van der Waals surface area contributed by atoms with Crippen molar-refractivity contribution in [1.82, 2.24) is 20.1 Å². The van der Waals surface area contributed by atoms with E-state index in [2.05, 4.69) is 20.6 Å². The Labute approximate surface area is 145 Å². The molecule has 3 rings (SSSR count). The minimum absolute atomic E-state index is 0.0972. The van der Waals surface area contributed by atoms with Crippen molar-refractivity contribution in [3.8, 4) is 0 Å². The third-order valence-corrected chi connectivity index (χ3v) is 4.85. The van der Waals surface area contributed by atoms with Gasteiger partial charge in [-0.1, -0.05) is 12.1 Å². The van der Waals surface area contributed by atoms with Crippen LogP contribution in [0, 0.1) is 5.82 Å². The molecule has 1 aromatic heterocycles. The van der Waals surface area contributed by atoms with E-state index in [1.807, 2.05) is 23.4 Å². The lowest BCUT2D eigenvalue weighted by Gasteiger charge is -2.35. The Hall–Kier alpha value is -1.99. The van der Waals surface area contributed by atoms with Crippen LogP contribution in [-0.4, -0.2) is 47.0 Å². The molecule has 0 aliphatic carbocycles. The number of halogens is 1. The number of urea groups is 1. The van der Waals surface area contributed by atoms with E-state index in [4.69, 9.17) is 0 Å². The van der Waals surface area contributed by atoms with Crippen molar-refractivity contribution in [2.75, 3.05) is 26.2 Å². The Morgan fingerprint density at radius 1 is 1.38 bits per heavy atom. The molecular weight excluding hydrogens is 327 g/mol. The number of nitrogens with zero attached hydrogens (tertiary/aromatic N) is 3. The van der Waals surface area contributed by atoms with Crippen LogP contribution in [0.5, 0.6) is 0 Å². The van der Waals surface area contributed by atoms with Crippen LogP contribution in [0.25, 0.3) is 0 Å². The first-order chi connectivity index (χ1) is 11.6. The molecule has 1 saturated heterocycles. The summed E-state index contributed by atoms with van der Waals surface area (Å²) >= 11 is 1.60. The summed E-state index contributed by atoms with van der Waals surface area (Å²) < 4.78 is 13.3. The lowest BCUT2D eigenvalue weighted by molar-refractivity contribution is 0.133. The second-order valence-corrected chi connectivity index (χ2v) is 6.69. The number of hydrogen-bond donors (Lipinski definition) is 1. The molecule has 1 N–H and O–H groups in total. The van der Waals surface area contributed by atoms with E-state index >= 15 is 0 Å². The fraction of sp³-hybridized carbons (Fsp3) is 0.412. The molecule has 1 aliphatic heterocycles. The maximum absolute atomic E-state index is 13.3. The summed E-state index contributed by atoms with van der Waals surface area (Å²) in [4.78, 5) is 20.8. The van der Waals surface area contributed by atoms with Crippen molar-refractivity contribution < 1.29 is 9.18 Å². The van der Waals surface area contributed by atoms with Crippen molar-refractivity contribution >= 4 is 17.4 Å². The van der Waals surface area contributed by atoms with Gasteiger partial charge in [0.2, 0.25) is 0 Å². The van der Waals surface area contributed by atoms with E-state index < -0.39 is 0 Å². The largest absolute Gasteiger partial charge is 0.331 e. The third-order valence-electron chi connectivity index (χ3n) is 4.22. The maximum Gasteiger partial charge on any atom is 0.317 e. The average molecular weight is 348 g/mol. The van der Waals surface area contributed by atoms with Crippen LogP contribution in [0.1, 0.15) is 24.2 Å². The van der Waals surface area contributed by atoms with E-state index in [-0.39, 0.29) is 17.9 Å². The molecule has 0 radical (unpaired) electrons. The summed E-state index contributed by atoms with van der Waals surface area (Å²) in [6, 6.07) is 6.02. The fourth-order valence-electron chi connectivity index (χ4n) is 2.79. The zero-order chi connectivity index (χ0) is 16.9. The first kappa shape index (κ1) is 16.9. The van der Waals surface area contributed by atoms with Gasteiger partial charge < -0.3 is 10.2 Å². The second kappa shape index (κ2) is 7.72. The molecule has 0 saturated carbocycles. The number of benzene rings is 1. The molecule has 2 heterocycles. The van der Waals surface area contributed by atoms with Crippen LogP contribution in [0.15, 0.2) is 35.2 Å². The number of rotatable bonds is 4. The van der Waals surface area contributed by atoms with Gasteiger partial charge in [-0.2, -0.15) is 0 Å². The minimum Gasteiger partial charge on any atom is -0.331 e. The van der Waals surface area contributed by atoms with Gasteiger partial charge >= 0.3 is 6.03 Å². The van der Waals surface area contributed by atoms with Crippen LogP contribution in [-0.2, 0) is 6.54 Å². The van der Waals surface area contributed by atoms with Crippen molar-refractivity contribution in [3.05, 3.63) is 52.2 Å². The quantitative estimate of drug-likeness (QED) is 0.924. The van der Waals surface area contributed by atoms with Crippen molar-refractivity contribution in [1.29, 1.82) is 0 Å². The predicted molar refractivity (Wildman–Crippen MR) is 92.3 cm³/mol. The summed E-state index contributed by atoms with van der Waals surface area (Å²) in [6.07, 6.45) is 0. The van der Waals surface area contributed by atoms with Gasteiger partial charge in [0.05, 0.1) is 17.2 Å². The van der Waals surface area contributed by atoms with E-state index in [0.29, 0.717) is 13.1 Å². The number of piperazine rings is 1. The first-order valence-corrected chi connectivity index (χ1v) is 8.96. The van der Waals surface area contributed by atoms with Gasteiger partial charge in [-0.3, -0.25) is 4.90 Å². The minimum atomic E-state index is -0.288. The monoisotopic (exact) mass is 348 g/mol. The van der Waals surface area contributed by atoms with Gasteiger partial charge in [0.15, 0.2) is 0 Å². The normalized spacial score (nSPS) is 16.8. The Morgan fingerprint density at radius 2 is 2.17 bits per heavy atom. The van der Waals surface area contributed by atoms with Gasteiger partial charge in [0, 0.05) is 38.1 Å². The molecule has 1 aromatic carbocycles. The Bertz CT molecular complexity index is 671. The highest BCUT2D eigenvalue weighted by Gasteiger charge is 2.22. The Balaban J connectivity index is 1.48. The topological polar surface area (TPSA) is 48.5 Å². The van der Waals surface area contributed by atoms with Crippen LogP contribution in [0.4, 0.5) is 9.18 Å². The maximum atomic E-state index is 13.3. The molecule has 0 bridgehead atoms. The lowest BCUT2D eigenvalue weighted by Crippen LogP contribution is -2.51. The van der Waals surface area contributed by atoms with E-state index in [0.717, 1.165) is 30.9 Å². The predicted octanol–water partition coefficient (Wildman–Crippen LogP) is 2.87. The standard InChI is InChI=1S/C17H21FN4OS/c1-13(14-3-2-4-15(18)9-14)20-17(23)22-7-5-21(6-8-22)10-16-11-24-12-19-16/h2-4,9,11-13H,5-8,10H2,1H3,(H,20,23). The van der Waals surface area contributed by atoms with Crippen LogP contribution < -0.4 is 5.32 Å². The van der Waals surface area contributed by atoms with E-state index in [1.165, 1.54) is 12.1 Å². The molecule has 7 heteroatoms. The highest BCUT2D eigenvalue weighted by Crippen LogP contribution is 2.15. The summed E-state index contributed by atoms with van der Waals surface area (Å²) in [5, 5.41) is 5.00. The zero-order valence-electron chi connectivity index (χ0n) is 13.6. The summed E-state index contributed by atoms with van der Waals surface area (Å²) in [5.74, 6) is -0.288. The average Bonchev–Trinajstić information content (AvgIpc) is 3.08. The summed E-state index contributed by atoms with van der Waals surface area (Å²) in [5.41, 5.74) is 3.69. The van der Waals surface area contributed by atoms with Gasteiger partial charge in [-0.15, -0.1) is 11.3 Å². The van der Waals surface area contributed by atoms with Crippen molar-refractivity contribution in [3.63, 3.8) is 0 Å². The molecule has 128 valence electrons. The van der Waals surface area contributed by atoms with Crippen LogP contribution in [0.3, 0.4) is 0 Å². The molecular formula is C17H21FN4OS. The molecule has 5 nitrogen and oxygen atoms in total.